The molecule has 2 rings (SSSR count). The molecule has 1 saturated carbocycles. The van der Waals surface area contributed by atoms with Crippen LogP contribution in [0.4, 0.5) is 0 Å². The maximum atomic E-state index is 11.6. The molecule has 21 heavy (non-hydrogen) atoms. The van der Waals surface area contributed by atoms with Crippen LogP contribution < -0.4 is 10.6 Å². The zero-order valence-electron chi connectivity index (χ0n) is 12.2. The molecule has 1 aliphatic rings. The first-order chi connectivity index (χ1) is 10.2. The average molecular weight is 284 g/mol. The topological polar surface area (TPSA) is 58.2 Å². The van der Waals surface area contributed by atoms with Gasteiger partial charge in [-0.1, -0.05) is 37.0 Å². The fraction of sp³-hybridized carbons (Fsp3) is 0.412. The molecule has 4 heteroatoms. The summed E-state index contributed by atoms with van der Waals surface area (Å²) in [5.41, 5.74) is 0.928. The van der Waals surface area contributed by atoms with Crippen LogP contribution in [0.1, 0.15) is 25.3 Å². The van der Waals surface area contributed by atoms with Crippen molar-refractivity contribution >= 4 is 11.8 Å². The SMILES string of the molecule is C[C@@H]1C[C@H]1C(=O)NCCC(=O)NCC#Cc1ccccc1. The second kappa shape index (κ2) is 7.49. The first kappa shape index (κ1) is 15.1. The standard InChI is InChI=1S/C17H20N2O2/c1-13-12-15(13)17(21)19-11-9-16(20)18-10-5-8-14-6-3-2-4-7-14/h2-4,6-7,13,15H,9-12H2,1H3,(H,18,20)(H,19,21)/t13-,15-/m1/s1. The highest BCUT2D eigenvalue weighted by molar-refractivity contribution is 5.82. The molecular formula is C17H20N2O2. The van der Waals surface area contributed by atoms with E-state index in [-0.39, 0.29) is 17.7 Å². The molecule has 0 bridgehead atoms. The van der Waals surface area contributed by atoms with E-state index < -0.39 is 0 Å². The molecule has 0 unspecified atom stereocenters. The van der Waals surface area contributed by atoms with Crippen molar-refractivity contribution in [1.29, 1.82) is 0 Å². The van der Waals surface area contributed by atoms with E-state index in [9.17, 15) is 9.59 Å². The summed E-state index contributed by atoms with van der Waals surface area (Å²) in [4.78, 5) is 23.1. The third-order valence-corrected chi connectivity index (χ3v) is 3.48. The Morgan fingerprint density at radius 3 is 2.62 bits per heavy atom. The van der Waals surface area contributed by atoms with Gasteiger partial charge in [0.05, 0.1) is 6.54 Å². The summed E-state index contributed by atoms with van der Waals surface area (Å²) in [6.45, 7) is 2.77. The minimum atomic E-state index is -0.0958. The van der Waals surface area contributed by atoms with Crippen molar-refractivity contribution in [3.63, 3.8) is 0 Å². The smallest absolute Gasteiger partial charge is 0.223 e. The molecule has 1 fully saturated rings. The van der Waals surface area contributed by atoms with Gasteiger partial charge in [0, 0.05) is 24.4 Å². The summed E-state index contributed by atoms with van der Waals surface area (Å²) in [5, 5.41) is 5.50. The number of rotatable bonds is 5. The largest absolute Gasteiger partial charge is 0.355 e. The number of benzene rings is 1. The minimum absolute atomic E-state index is 0.0687. The Bertz CT molecular complexity index is 557. The lowest BCUT2D eigenvalue weighted by Gasteiger charge is -2.04. The van der Waals surface area contributed by atoms with E-state index >= 15 is 0 Å². The van der Waals surface area contributed by atoms with Crippen LogP contribution in [0.25, 0.3) is 0 Å². The van der Waals surface area contributed by atoms with E-state index in [1.165, 1.54) is 0 Å². The van der Waals surface area contributed by atoms with Crippen molar-refractivity contribution < 1.29 is 9.59 Å². The Labute approximate surface area is 125 Å². The van der Waals surface area contributed by atoms with Gasteiger partial charge in [0.2, 0.25) is 11.8 Å². The summed E-state index contributed by atoms with van der Waals surface area (Å²) < 4.78 is 0. The Hall–Kier alpha value is -2.28. The van der Waals surface area contributed by atoms with Crippen LogP contribution in [0.2, 0.25) is 0 Å². The van der Waals surface area contributed by atoms with Gasteiger partial charge in [-0.15, -0.1) is 0 Å². The van der Waals surface area contributed by atoms with Crippen LogP contribution in [0.3, 0.4) is 0 Å². The number of carbonyl (C=O) groups excluding carboxylic acids is 2. The maximum Gasteiger partial charge on any atom is 0.223 e. The number of nitrogens with one attached hydrogen (secondary N) is 2. The third kappa shape index (κ3) is 5.31. The monoisotopic (exact) mass is 284 g/mol. The Morgan fingerprint density at radius 2 is 1.95 bits per heavy atom. The van der Waals surface area contributed by atoms with E-state index in [1.54, 1.807) is 0 Å². The highest BCUT2D eigenvalue weighted by Crippen LogP contribution is 2.37. The van der Waals surface area contributed by atoms with Gasteiger partial charge in [-0.3, -0.25) is 9.59 Å². The van der Waals surface area contributed by atoms with Crippen molar-refractivity contribution in [2.45, 2.75) is 19.8 Å². The molecule has 0 aromatic heterocycles. The molecule has 1 aromatic carbocycles. The van der Waals surface area contributed by atoms with E-state index in [0.717, 1.165) is 12.0 Å². The highest BCUT2D eigenvalue weighted by atomic mass is 16.2. The first-order valence-electron chi connectivity index (χ1n) is 7.25. The lowest BCUT2D eigenvalue weighted by Crippen LogP contribution is -2.31. The quantitative estimate of drug-likeness (QED) is 0.801. The van der Waals surface area contributed by atoms with E-state index in [2.05, 4.69) is 29.4 Å². The number of carbonyl (C=O) groups is 2. The molecule has 0 radical (unpaired) electrons. The molecule has 0 saturated heterocycles. The fourth-order valence-corrected chi connectivity index (χ4v) is 2.02. The van der Waals surface area contributed by atoms with Crippen LogP contribution in [0.15, 0.2) is 30.3 Å². The van der Waals surface area contributed by atoms with Gasteiger partial charge in [-0.05, 0) is 24.5 Å². The minimum Gasteiger partial charge on any atom is -0.355 e. The zero-order valence-corrected chi connectivity index (χ0v) is 12.2. The number of hydrogen-bond donors (Lipinski definition) is 2. The molecule has 2 amide bonds. The van der Waals surface area contributed by atoms with Gasteiger partial charge < -0.3 is 10.6 Å². The van der Waals surface area contributed by atoms with Crippen LogP contribution in [0.5, 0.6) is 0 Å². The zero-order chi connectivity index (χ0) is 15.1. The average Bonchev–Trinajstić information content (AvgIpc) is 3.22. The summed E-state index contributed by atoms with van der Waals surface area (Å²) in [5.74, 6) is 6.49. The van der Waals surface area contributed by atoms with Gasteiger partial charge in [0.1, 0.15) is 0 Å². The number of amides is 2. The molecule has 1 aliphatic carbocycles. The summed E-state index contributed by atoms with van der Waals surface area (Å²) in [7, 11) is 0. The van der Waals surface area contributed by atoms with E-state index in [4.69, 9.17) is 0 Å². The number of hydrogen-bond acceptors (Lipinski definition) is 2. The van der Waals surface area contributed by atoms with Gasteiger partial charge in [0.25, 0.3) is 0 Å². The van der Waals surface area contributed by atoms with Crippen LogP contribution >= 0.6 is 0 Å². The Morgan fingerprint density at radius 1 is 1.24 bits per heavy atom. The molecule has 0 spiro atoms. The maximum absolute atomic E-state index is 11.6. The molecule has 4 nitrogen and oxygen atoms in total. The molecule has 0 heterocycles. The lowest BCUT2D eigenvalue weighted by atomic mass is 10.2. The second-order valence-electron chi connectivity index (χ2n) is 5.31. The van der Waals surface area contributed by atoms with Gasteiger partial charge in [-0.2, -0.15) is 0 Å². The van der Waals surface area contributed by atoms with E-state index in [0.29, 0.717) is 25.4 Å². The van der Waals surface area contributed by atoms with Crippen molar-refractivity contribution in [1.82, 2.24) is 10.6 Å². The van der Waals surface area contributed by atoms with Gasteiger partial charge in [0.15, 0.2) is 0 Å². The lowest BCUT2D eigenvalue weighted by molar-refractivity contribution is -0.123. The summed E-state index contributed by atoms with van der Waals surface area (Å²) >= 11 is 0. The van der Waals surface area contributed by atoms with Crippen LogP contribution in [0, 0.1) is 23.7 Å². The van der Waals surface area contributed by atoms with Crippen molar-refractivity contribution in [2.24, 2.45) is 11.8 Å². The van der Waals surface area contributed by atoms with Crippen LogP contribution in [-0.2, 0) is 9.59 Å². The second-order valence-corrected chi connectivity index (χ2v) is 5.31. The summed E-state index contributed by atoms with van der Waals surface area (Å²) in [6, 6.07) is 9.62. The van der Waals surface area contributed by atoms with E-state index in [1.807, 2.05) is 30.3 Å². The molecule has 1 aromatic rings. The summed E-state index contributed by atoms with van der Waals surface area (Å²) in [6.07, 6.45) is 1.26. The Kier molecular flexibility index (Phi) is 5.39. The van der Waals surface area contributed by atoms with Crippen molar-refractivity contribution in [2.75, 3.05) is 13.1 Å². The molecule has 0 aliphatic heterocycles. The van der Waals surface area contributed by atoms with Gasteiger partial charge in [-0.25, -0.2) is 0 Å². The van der Waals surface area contributed by atoms with Crippen molar-refractivity contribution in [3.8, 4) is 11.8 Å². The highest BCUT2D eigenvalue weighted by Gasteiger charge is 2.38. The predicted octanol–water partition coefficient (Wildman–Crippen LogP) is 1.32. The molecule has 2 N–H and O–H groups in total. The van der Waals surface area contributed by atoms with Gasteiger partial charge >= 0.3 is 0 Å². The molecule has 110 valence electrons. The van der Waals surface area contributed by atoms with Crippen LogP contribution in [-0.4, -0.2) is 24.9 Å². The third-order valence-electron chi connectivity index (χ3n) is 3.48. The molecule has 2 atom stereocenters. The molecular weight excluding hydrogens is 264 g/mol. The van der Waals surface area contributed by atoms with Crippen molar-refractivity contribution in [3.05, 3.63) is 35.9 Å². The normalized spacial score (nSPS) is 19.1. The predicted molar refractivity (Wildman–Crippen MR) is 81.2 cm³/mol. The Balaban J connectivity index is 1.58. The first-order valence-corrected chi connectivity index (χ1v) is 7.25. The fourth-order valence-electron chi connectivity index (χ4n) is 2.02.